The molecule has 0 N–H and O–H groups in total. The summed E-state index contributed by atoms with van der Waals surface area (Å²) in [6.45, 7) is 2.96. The molecule has 0 radical (unpaired) electrons. The molecule has 0 spiro atoms. The predicted octanol–water partition coefficient (Wildman–Crippen LogP) is 2.73. The second kappa shape index (κ2) is 8.38. The Labute approximate surface area is 168 Å². The van der Waals surface area contributed by atoms with E-state index in [2.05, 4.69) is 4.99 Å². The fourth-order valence-corrected chi connectivity index (χ4v) is 4.75. The summed E-state index contributed by atoms with van der Waals surface area (Å²) in [6.07, 6.45) is 1.40. The number of methoxy groups -OCH3 is 1. The highest BCUT2D eigenvalue weighted by Gasteiger charge is 2.13. The van der Waals surface area contributed by atoms with Crippen LogP contribution in [0.2, 0.25) is 0 Å². The monoisotopic (exact) mass is 418 g/mol. The molecule has 3 aromatic rings. The van der Waals surface area contributed by atoms with Gasteiger partial charge in [0.2, 0.25) is 0 Å². The van der Waals surface area contributed by atoms with Crippen LogP contribution in [0.15, 0.2) is 52.4 Å². The molecule has 6 nitrogen and oxygen atoms in total. The first kappa shape index (κ1) is 20.4. The van der Waals surface area contributed by atoms with Crippen LogP contribution in [0, 0.1) is 6.92 Å². The van der Waals surface area contributed by atoms with Gasteiger partial charge in [0, 0.05) is 19.9 Å². The number of benzene rings is 2. The minimum atomic E-state index is -3.31. The molecule has 0 fully saturated rings. The number of nitrogens with zero attached hydrogens (tertiary/aromatic N) is 2. The lowest BCUT2D eigenvalue weighted by molar-refractivity contribution is -0.117. The molecule has 1 aromatic heterocycles. The van der Waals surface area contributed by atoms with Crippen LogP contribution in [0.1, 0.15) is 11.1 Å². The Morgan fingerprint density at radius 1 is 1.21 bits per heavy atom. The van der Waals surface area contributed by atoms with Crippen molar-refractivity contribution in [3.8, 4) is 0 Å². The van der Waals surface area contributed by atoms with Gasteiger partial charge < -0.3 is 9.30 Å². The summed E-state index contributed by atoms with van der Waals surface area (Å²) in [5.41, 5.74) is 2.84. The molecule has 8 heteroatoms. The maximum Gasteiger partial charge on any atom is 0.252 e. The van der Waals surface area contributed by atoms with Gasteiger partial charge in [0.05, 0.1) is 28.1 Å². The number of thiazole rings is 1. The maximum atomic E-state index is 12.5. The van der Waals surface area contributed by atoms with Gasteiger partial charge >= 0.3 is 0 Å². The number of aromatic nitrogens is 1. The summed E-state index contributed by atoms with van der Waals surface area (Å²) in [4.78, 5) is 17.6. The summed E-state index contributed by atoms with van der Waals surface area (Å²) in [5.74, 6) is -0.244. The fourth-order valence-electron chi connectivity index (χ4n) is 2.91. The van der Waals surface area contributed by atoms with Gasteiger partial charge in [0.1, 0.15) is 0 Å². The number of hydrogen-bond acceptors (Lipinski definition) is 5. The second-order valence-corrected chi connectivity index (χ2v) is 9.63. The third kappa shape index (κ3) is 4.76. The zero-order chi connectivity index (χ0) is 20.3. The smallest absolute Gasteiger partial charge is 0.252 e. The molecule has 0 saturated heterocycles. The molecule has 3 rings (SSSR count). The highest BCUT2D eigenvalue weighted by atomic mass is 32.2. The Morgan fingerprint density at radius 3 is 2.68 bits per heavy atom. The van der Waals surface area contributed by atoms with E-state index in [4.69, 9.17) is 4.74 Å². The van der Waals surface area contributed by atoms with Crippen molar-refractivity contribution in [2.75, 3.05) is 20.0 Å². The third-order valence-corrected chi connectivity index (χ3v) is 6.41. The van der Waals surface area contributed by atoms with E-state index in [-0.39, 0.29) is 17.2 Å². The van der Waals surface area contributed by atoms with E-state index in [0.717, 1.165) is 21.3 Å². The quantitative estimate of drug-likeness (QED) is 0.617. The highest BCUT2D eigenvalue weighted by Crippen LogP contribution is 2.22. The van der Waals surface area contributed by atoms with Crippen LogP contribution in [-0.2, 0) is 32.3 Å². The standard InChI is InChI=1S/C20H22N2O4S2/c1-14-5-4-6-15(11-14)12-19(23)21-20-22(9-10-26-2)17-8-7-16(28(3,24)25)13-18(17)27-20/h4-8,11,13H,9-10,12H2,1-3H3. The summed E-state index contributed by atoms with van der Waals surface area (Å²) in [5, 5.41) is 0. The summed E-state index contributed by atoms with van der Waals surface area (Å²) in [7, 11) is -1.70. The van der Waals surface area contributed by atoms with Crippen molar-refractivity contribution in [1.82, 2.24) is 4.57 Å². The lowest BCUT2D eigenvalue weighted by Gasteiger charge is -2.05. The molecule has 0 aliphatic carbocycles. The molecule has 2 aromatic carbocycles. The van der Waals surface area contributed by atoms with Crippen LogP contribution < -0.4 is 4.80 Å². The lowest BCUT2D eigenvalue weighted by atomic mass is 10.1. The van der Waals surface area contributed by atoms with E-state index in [9.17, 15) is 13.2 Å². The topological polar surface area (TPSA) is 77.7 Å². The van der Waals surface area contributed by atoms with E-state index >= 15 is 0 Å². The highest BCUT2D eigenvalue weighted by molar-refractivity contribution is 7.90. The predicted molar refractivity (Wildman–Crippen MR) is 110 cm³/mol. The first-order valence-electron chi connectivity index (χ1n) is 8.73. The van der Waals surface area contributed by atoms with Gasteiger partial charge in [0.25, 0.3) is 5.91 Å². The molecule has 28 heavy (non-hydrogen) atoms. The minimum absolute atomic E-state index is 0.217. The van der Waals surface area contributed by atoms with Crippen LogP contribution >= 0.6 is 11.3 Å². The van der Waals surface area contributed by atoms with Gasteiger partial charge in [-0.2, -0.15) is 4.99 Å². The fraction of sp³-hybridized carbons (Fsp3) is 0.300. The van der Waals surface area contributed by atoms with Gasteiger partial charge in [-0.1, -0.05) is 41.2 Å². The first-order chi connectivity index (χ1) is 13.3. The Hall–Kier alpha value is -2.29. The minimum Gasteiger partial charge on any atom is -0.383 e. The Balaban J connectivity index is 2.04. The van der Waals surface area contributed by atoms with Gasteiger partial charge in [-0.25, -0.2) is 8.42 Å². The SMILES string of the molecule is COCCn1c(=NC(=O)Cc2cccc(C)c2)sc2cc(S(C)(=O)=O)ccc21. The number of carbonyl (C=O) groups is 1. The number of ether oxygens (including phenoxy) is 1. The Bertz CT molecular complexity index is 1190. The van der Waals surface area contributed by atoms with Crippen LogP contribution in [-0.4, -0.2) is 38.9 Å². The van der Waals surface area contributed by atoms with E-state index < -0.39 is 9.84 Å². The molecule has 0 bridgehead atoms. The third-order valence-electron chi connectivity index (χ3n) is 4.26. The van der Waals surface area contributed by atoms with E-state index in [1.165, 1.54) is 17.6 Å². The van der Waals surface area contributed by atoms with Crippen LogP contribution in [0.25, 0.3) is 10.2 Å². The summed E-state index contributed by atoms with van der Waals surface area (Å²) >= 11 is 1.30. The van der Waals surface area contributed by atoms with E-state index in [0.29, 0.717) is 18.0 Å². The van der Waals surface area contributed by atoms with Crippen molar-refractivity contribution in [2.45, 2.75) is 24.8 Å². The number of carbonyl (C=O) groups excluding carboxylic acids is 1. The van der Waals surface area contributed by atoms with Crippen molar-refractivity contribution in [3.63, 3.8) is 0 Å². The molecular formula is C20H22N2O4S2. The summed E-state index contributed by atoms with van der Waals surface area (Å²) < 4.78 is 31.5. The molecular weight excluding hydrogens is 396 g/mol. The first-order valence-corrected chi connectivity index (χ1v) is 11.4. The summed E-state index contributed by atoms with van der Waals surface area (Å²) in [6, 6.07) is 12.7. The molecule has 0 unspecified atom stereocenters. The van der Waals surface area contributed by atoms with Crippen LogP contribution in [0.3, 0.4) is 0 Å². The van der Waals surface area contributed by atoms with Crippen molar-refractivity contribution in [2.24, 2.45) is 4.99 Å². The van der Waals surface area contributed by atoms with Gasteiger partial charge in [-0.15, -0.1) is 0 Å². The van der Waals surface area contributed by atoms with Crippen molar-refractivity contribution >= 4 is 37.3 Å². The van der Waals surface area contributed by atoms with E-state index in [1.54, 1.807) is 25.3 Å². The van der Waals surface area contributed by atoms with Gasteiger partial charge in [-0.05, 0) is 30.7 Å². The average Bonchev–Trinajstić information content (AvgIpc) is 2.95. The molecule has 1 heterocycles. The lowest BCUT2D eigenvalue weighted by Crippen LogP contribution is -2.19. The zero-order valence-corrected chi connectivity index (χ0v) is 17.6. The van der Waals surface area contributed by atoms with Crippen LogP contribution in [0.5, 0.6) is 0 Å². The van der Waals surface area contributed by atoms with Crippen LogP contribution in [0.4, 0.5) is 0 Å². The number of amides is 1. The Kier molecular flexibility index (Phi) is 6.12. The van der Waals surface area contributed by atoms with Crippen molar-refractivity contribution < 1.29 is 17.9 Å². The average molecular weight is 419 g/mol. The van der Waals surface area contributed by atoms with Gasteiger partial charge in [-0.3, -0.25) is 4.79 Å². The number of rotatable bonds is 6. The van der Waals surface area contributed by atoms with Crippen molar-refractivity contribution in [3.05, 3.63) is 58.4 Å². The maximum absolute atomic E-state index is 12.5. The molecule has 148 valence electrons. The largest absolute Gasteiger partial charge is 0.383 e. The molecule has 0 saturated carbocycles. The number of fused-ring (bicyclic) bond motifs is 1. The zero-order valence-electron chi connectivity index (χ0n) is 16.0. The number of aryl methyl sites for hydroxylation is 1. The number of hydrogen-bond donors (Lipinski definition) is 0. The Morgan fingerprint density at radius 2 is 2.00 bits per heavy atom. The molecule has 1 amide bonds. The van der Waals surface area contributed by atoms with E-state index in [1.807, 2.05) is 35.8 Å². The van der Waals surface area contributed by atoms with Crippen molar-refractivity contribution in [1.29, 1.82) is 0 Å². The van der Waals surface area contributed by atoms with Gasteiger partial charge in [0.15, 0.2) is 14.6 Å². The molecule has 0 aliphatic heterocycles. The second-order valence-electron chi connectivity index (χ2n) is 6.60. The normalized spacial score (nSPS) is 12.6. The number of sulfone groups is 1. The molecule has 0 aliphatic rings. The molecule has 0 atom stereocenters.